The van der Waals surface area contributed by atoms with Crippen molar-refractivity contribution in [2.75, 3.05) is 11.9 Å². The SMILES string of the molecule is NC(=O)CCNC(=O)c1cccc(NC(=O)NCc2cccc(C(F)(F)F)c2)c1. The molecule has 2 aromatic carbocycles. The number of hydrogen-bond donors (Lipinski definition) is 4. The minimum absolute atomic E-state index is 0.00161. The van der Waals surface area contributed by atoms with Crippen LogP contribution in [0, 0.1) is 0 Å². The van der Waals surface area contributed by atoms with Gasteiger partial charge >= 0.3 is 12.2 Å². The molecule has 0 heterocycles. The van der Waals surface area contributed by atoms with Crippen LogP contribution in [0.25, 0.3) is 0 Å². The predicted octanol–water partition coefficient (Wildman–Crippen LogP) is 2.63. The maximum atomic E-state index is 12.7. The molecule has 0 aromatic heterocycles. The topological polar surface area (TPSA) is 113 Å². The van der Waals surface area contributed by atoms with Gasteiger partial charge < -0.3 is 21.7 Å². The number of hydrogen-bond acceptors (Lipinski definition) is 3. The first-order valence-corrected chi connectivity index (χ1v) is 8.52. The summed E-state index contributed by atoms with van der Waals surface area (Å²) in [4.78, 5) is 34.7. The van der Waals surface area contributed by atoms with E-state index >= 15 is 0 Å². The maximum Gasteiger partial charge on any atom is 0.416 e. The number of primary amides is 1. The van der Waals surface area contributed by atoms with E-state index < -0.39 is 29.6 Å². The largest absolute Gasteiger partial charge is 0.416 e. The first kappa shape index (κ1) is 21.7. The van der Waals surface area contributed by atoms with Crippen molar-refractivity contribution < 1.29 is 27.6 Å². The Morgan fingerprint density at radius 1 is 0.966 bits per heavy atom. The fraction of sp³-hybridized carbons (Fsp3) is 0.211. The van der Waals surface area contributed by atoms with E-state index in [1.807, 2.05) is 0 Å². The van der Waals surface area contributed by atoms with Crippen LogP contribution in [0.2, 0.25) is 0 Å². The van der Waals surface area contributed by atoms with Crippen LogP contribution in [0.1, 0.15) is 27.9 Å². The molecule has 154 valence electrons. The van der Waals surface area contributed by atoms with Crippen LogP contribution in [-0.4, -0.2) is 24.4 Å². The first-order valence-electron chi connectivity index (χ1n) is 8.52. The monoisotopic (exact) mass is 408 g/mol. The Kier molecular flexibility index (Phi) is 7.18. The molecule has 0 spiro atoms. The second-order valence-electron chi connectivity index (χ2n) is 6.06. The molecule has 0 aliphatic rings. The zero-order chi connectivity index (χ0) is 21.4. The van der Waals surface area contributed by atoms with Gasteiger partial charge in [-0.1, -0.05) is 18.2 Å². The van der Waals surface area contributed by atoms with Crippen LogP contribution >= 0.6 is 0 Å². The van der Waals surface area contributed by atoms with Crippen LogP contribution in [0.5, 0.6) is 0 Å². The fourth-order valence-electron chi connectivity index (χ4n) is 2.35. The molecule has 0 aliphatic carbocycles. The summed E-state index contributed by atoms with van der Waals surface area (Å²) in [5, 5.41) is 7.47. The van der Waals surface area contributed by atoms with Gasteiger partial charge in [0.15, 0.2) is 0 Å². The Hall–Kier alpha value is -3.56. The Morgan fingerprint density at radius 2 is 1.69 bits per heavy atom. The van der Waals surface area contributed by atoms with E-state index in [0.717, 1.165) is 12.1 Å². The molecule has 29 heavy (non-hydrogen) atoms. The molecule has 7 nitrogen and oxygen atoms in total. The molecule has 0 atom stereocenters. The van der Waals surface area contributed by atoms with E-state index in [1.54, 1.807) is 12.1 Å². The first-order chi connectivity index (χ1) is 13.6. The Morgan fingerprint density at radius 3 is 2.38 bits per heavy atom. The van der Waals surface area contributed by atoms with Crippen molar-refractivity contribution in [2.45, 2.75) is 19.1 Å². The van der Waals surface area contributed by atoms with Crippen LogP contribution in [0.15, 0.2) is 48.5 Å². The summed E-state index contributed by atoms with van der Waals surface area (Å²) in [5.74, 6) is -0.988. The molecular formula is C19H19F3N4O3. The number of urea groups is 1. The van der Waals surface area contributed by atoms with Crippen molar-refractivity contribution in [1.82, 2.24) is 10.6 Å². The molecule has 2 rings (SSSR count). The smallest absolute Gasteiger partial charge is 0.370 e. The predicted molar refractivity (Wildman–Crippen MR) is 99.9 cm³/mol. The molecule has 0 unspecified atom stereocenters. The van der Waals surface area contributed by atoms with E-state index in [4.69, 9.17) is 5.73 Å². The quantitative estimate of drug-likeness (QED) is 0.565. The lowest BCUT2D eigenvalue weighted by Gasteiger charge is -2.11. The van der Waals surface area contributed by atoms with Crippen LogP contribution in [0.3, 0.4) is 0 Å². The summed E-state index contributed by atoms with van der Waals surface area (Å²) in [6, 6.07) is 10.0. The molecule has 0 fully saturated rings. The number of carbonyl (C=O) groups excluding carboxylic acids is 3. The summed E-state index contributed by atoms with van der Waals surface area (Å²) in [6.45, 7) is -0.0215. The highest BCUT2D eigenvalue weighted by Gasteiger charge is 2.30. The molecule has 0 saturated heterocycles. The highest BCUT2D eigenvalue weighted by molar-refractivity contribution is 5.97. The van der Waals surface area contributed by atoms with Gasteiger partial charge in [-0.3, -0.25) is 9.59 Å². The lowest BCUT2D eigenvalue weighted by atomic mass is 10.1. The maximum absolute atomic E-state index is 12.7. The fourth-order valence-corrected chi connectivity index (χ4v) is 2.35. The van der Waals surface area contributed by atoms with Crippen molar-refractivity contribution in [2.24, 2.45) is 5.73 Å². The van der Waals surface area contributed by atoms with Gasteiger partial charge in [0.1, 0.15) is 0 Å². The van der Waals surface area contributed by atoms with E-state index in [0.29, 0.717) is 5.69 Å². The average molecular weight is 408 g/mol. The summed E-state index contributed by atoms with van der Waals surface area (Å²) in [7, 11) is 0. The van der Waals surface area contributed by atoms with Gasteiger partial charge in [-0.2, -0.15) is 13.2 Å². The van der Waals surface area contributed by atoms with Crippen molar-refractivity contribution in [1.29, 1.82) is 0 Å². The van der Waals surface area contributed by atoms with Gasteiger partial charge in [0.2, 0.25) is 5.91 Å². The molecule has 5 N–H and O–H groups in total. The van der Waals surface area contributed by atoms with Crippen molar-refractivity contribution in [3.8, 4) is 0 Å². The summed E-state index contributed by atoms with van der Waals surface area (Å²) < 4.78 is 38.2. The van der Waals surface area contributed by atoms with Gasteiger partial charge in [-0.05, 0) is 35.9 Å². The number of alkyl halides is 3. The number of carbonyl (C=O) groups is 3. The summed E-state index contributed by atoms with van der Waals surface area (Å²) in [5.41, 5.74) is 5.06. The Bertz CT molecular complexity index is 900. The molecule has 0 saturated carbocycles. The highest BCUT2D eigenvalue weighted by Crippen LogP contribution is 2.29. The van der Waals surface area contributed by atoms with E-state index in [9.17, 15) is 27.6 Å². The third kappa shape index (κ3) is 7.17. The number of nitrogens with one attached hydrogen (secondary N) is 3. The van der Waals surface area contributed by atoms with E-state index in [-0.39, 0.29) is 30.6 Å². The summed E-state index contributed by atoms with van der Waals surface area (Å²) >= 11 is 0. The molecule has 0 bridgehead atoms. The zero-order valence-electron chi connectivity index (χ0n) is 15.2. The number of amides is 4. The number of benzene rings is 2. The minimum Gasteiger partial charge on any atom is -0.370 e. The van der Waals surface area contributed by atoms with Crippen molar-refractivity contribution in [3.05, 3.63) is 65.2 Å². The molecule has 0 aliphatic heterocycles. The van der Waals surface area contributed by atoms with Gasteiger partial charge in [0.05, 0.1) is 5.56 Å². The van der Waals surface area contributed by atoms with Crippen molar-refractivity contribution >= 4 is 23.5 Å². The van der Waals surface area contributed by atoms with E-state index in [2.05, 4.69) is 16.0 Å². The molecule has 10 heteroatoms. The van der Waals surface area contributed by atoms with E-state index in [1.165, 1.54) is 24.3 Å². The average Bonchev–Trinajstić information content (AvgIpc) is 2.66. The molecule has 2 aromatic rings. The lowest BCUT2D eigenvalue weighted by Crippen LogP contribution is -2.29. The minimum atomic E-state index is -4.46. The molecule has 0 radical (unpaired) electrons. The normalized spacial score (nSPS) is 10.9. The number of rotatable bonds is 7. The second-order valence-corrected chi connectivity index (χ2v) is 6.06. The van der Waals surface area contributed by atoms with Crippen LogP contribution in [0.4, 0.5) is 23.7 Å². The van der Waals surface area contributed by atoms with Gasteiger partial charge in [-0.25, -0.2) is 4.79 Å². The highest BCUT2D eigenvalue weighted by atomic mass is 19.4. The van der Waals surface area contributed by atoms with Gasteiger partial charge in [0.25, 0.3) is 5.91 Å². The van der Waals surface area contributed by atoms with Crippen LogP contribution in [-0.2, 0) is 17.5 Å². The van der Waals surface area contributed by atoms with Gasteiger partial charge in [-0.15, -0.1) is 0 Å². The number of anilines is 1. The lowest BCUT2D eigenvalue weighted by molar-refractivity contribution is -0.137. The standard InChI is InChI=1S/C19H19F3N4O3/c20-19(21,22)14-5-1-3-12(9-14)11-25-18(29)26-15-6-2-4-13(10-15)17(28)24-8-7-16(23)27/h1-6,9-10H,7-8,11H2,(H2,23,27)(H,24,28)(H2,25,26,29). The van der Waals surface area contributed by atoms with Crippen LogP contribution < -0.4 is 21.7 Å². The number of halogens is 3. The van der Waals surface area contributed by atoms with Crippen molar-refractivity contribution in [3.63, 3.8) is 0 Å². The zero-order valence-corrected chi connectivity index (χ0v) is 15.2. The number of nitrogens with two attached hydrogens (primary N) is 1. The molecule has 4 amide bonds. The second kappa shape index (κ2) is 9.58. The summed E-state index contributed by atoms with van der Waals surface area (Å²) in [6.07, 6.45) is -4.46. The Labute approximate surface area is 164 Å². The third-order valence-corrected chi connectivity index (χ3v) is 3.75. The Balaban J connectivity index is 1.91. The third-order valence-electron chi connectivity index (χ3n) is 3.75. The molecular weight excluding hydrogens is 389 g/mol. The van der Waals surface area contributed by atoms with Gasteiger partial charge in [0, 0.05) is 30.8 Å².